The molecule has 0 aliphatic heterocycles. The molecule has 0 unspecified atom stereocenters. The molecule has 1 aromatic heterocycles. The van der Waals surface area contributed by atoms with E-state index in [1.54, 1.807) is 35.0 Å². The maximum Gasteiger partial charge on any atom is 0.337 e. The van der Waals surface area contributed by atoms with Gasteiger partial charge in [-0.25, -0.2) is 13.9 Å². The Morgan fingerprint density at radius 2 is 2.00 bits per heavy atom. The van der Waals surface area contributed by atoms with E-state index in [0.717, 1.165) is 11.1 Å². The first-order valence-electron chi connectivity index (χ1n) is 6.33. The molecule has 5 nitrogen and oxygen atoms in total. The number of benzene rings is 2. The molecule has 1 heterocycles. The number of fused-ring (bicyclic) bond motifs is 1. The van der Waals surface area contributed by atoms with Crippen LogP contribution in [0.15, 0.2) is 42.5 Å². The van der Waals surface area contributed by atoms with Crippen molar-refractivity contribution in [3.05, 3.63) is 59.4 Å². The molecule has 0 aliphatic rings. The zero-order chi connectivity index (χ0) is 14.8. The number of carbonyl (C=O) groups is 1. The molecule has 21 heavy (non-hydrogen) atoms. The monoisotopic (exact) mass is 285 g/mol. The van der Waals surface area contributed by atoms with Crippen molar-refractivity contribution in [3.63, 3.8) is 0 Å². The third-order valence-electron chi connectivity index (χ3n) is 3.18. The van der Waals surface area contributed by atoms with Gasteiger partial charge in [0.2, 0.25) is 0 Å². The Kier molecular flexibility index (Phi) is 3.35. The zero-order valence-electron chi connectivity index (χ0n) is 11.3. The van der Waals surface area contributed by atoms with Crippen LogP contribution >= 0.6 is 0 Å². The highest BCUT2D eigenvalue weighted by Gasteiger charge is 2.10. The maximum absolute atomic E-state index is 12.9. The third-order valence-corrected chi connectivity index (χ3v) is 3.18. The maximum atomic E-state index is 12.9. The van der Waals surface area contributed by atoms with Gasteiger partial charge < -0.3 is 4.74 Å². The van der Waals surface area contributed by atoms with Crippen LogP contribution in [0.2, 0.25) is 0 Å². The van der Waals surface area contributed by atoms with Crippen LogP contribution in [0, 0.1) is 5.82 Å². The quantitative estimate of drug-likeness (QED) is 0.693. The molecular weight excluding hydrogens is 273 g/mol. The van der Waals surface area contributed by atoms with E-state index in [9.17, 15) is 9.18 Å². The molecular formula is C15H12FN3O2. The Morgan fingerprint density at radius 1 is 1.24 bits per heavy atom. The first kappa shape index (κ1) is 13.2. The Bertz CT molecular complexity index is 796. The molecule has 0 amide bonds. The number of methoxy groups -OCH3 is 1. The number of esters is 1. The van der Waals surface area contributed by atoms with E-state index in [4.69, 9.17) is 0 Å². The van der Waals surface area contributed by atoms with E-state index in [0.29, 0.717) is 17.6 Å². The minimum atomic E-state index is -0.412. The van der Waals surface area contributed by atoms with Crippen LogP contribution in [0.1, 0.15) is 15.9 Å². The first-order valence-corrected chi connectivity index (χ1v) is 6.33. The zero-order valence-corrected chi connectivity index (χ0v) is 11.3. The van der Waals surface area contributed by atoms with Crippen molar-refractivity contribution in [1.29, 1.82) is 0 Å². The van der Waals surface area contributed by atoms with Gasteiger partial charge in [0.05, 0.1) is 24.7 Å². The highest BCUT2D eigenvalue weighted by molar-refractivity contribution is 5.93. The van der Waals surface area contributed by atoms with E-state index in [2.05, 4.69) is 15.0 Å². The molecule has 0 saturated carbocycles. The molecule has 0 aliphatic carbocycles. The highest BCUT2D eigenvalue weighted by Crippen LogP contribution is 2.15. The Balaban J connectivity index is 1.93. The molecule has 0 fully saturated rings. The van der Waals surface area contributed by atoms with Gasteiger partial charge in [0, 0.05) is 0 Å². The largest absolute Gasteiger partial charge is 0.465 e. The van der Waals surface area contributed by atoms with Crippen LogP contribution in [0.4, 0.5) is 4.39 Å². The van der Waals surface area contributed by atoms with Crippen LogP contribution in [-0.4, -0.2) is 28.1 Å². The lowest BCUT2D eigenvalue weighted by Gasteiger charge is -2.03. The fraction of sp³-hybridized carbons (Fsp3) is 0.133. The van der Waals surface area contributed by atoms with Crippen LogP contribution in [0.25, 0.3) is 11.0 Å². The van der Waals surface area contributed by atoms with Crippen molar-refractivity contribution in [2.75, 3.05) is 7.11 Å². The topological polar surface area (TPSA) is 57.0 Å². The number of rotatable bonds is 3. The second-order valence-corrected chi connectivity index (χ2v) is 4.57. The van der Waals surface area contributed by atoms with Gasteiger partial charge in [0.15, 0.2) is 0 Å². The van der Waals surface area contributed by atoms with E-state index in [1.807, 2.05) is 0 Å². The van der Waals surface area contributed by atoms with E-state index in [-0.39, 0.29) is 5.82 Å². The summed E-state index contributed by atoms with van der Waals surface area (Å²) < 4.78 is 19.3. The van der Waals surface area contributed by atoms with Gasteiger partial charge in [0.25, 0.3) is 0 Å². The second-order valence-electron chi connectivity index (χ2n) is 4.57. The van der Waals surface area contributed by atoms with Gasteiger partial charge in [0.1, 0.15) is 11.3 Å². The minimum absolute atomic E-state index is 0.273. The average Bonchev–Trinajstić information content (AvgIpc) is 2.91. The number of hydrogen-bond donors (Lipinski definition) is 0. The molecule has 3 rings (SSSR count). The predicted molar refractivity (Wildman–Crippen MR) is 74.4 cm³/mol. The molecule has 0 atom stereocenters. The van der Waals surface area contributed by atoms with Crippen molar-refractivity contribution >= 4 is 17.0 Å². The van der Waals surface area contributed by atoms with Crippen molar-refractivity contribution < 1.29 is 13.9 Å². The molecule has 0 radical (unpaired) electrons. The fourth-order valence-corrected chi connectivity index (χ4v) is 2.10. The summed E-state index contributed by atoms with van der Waals surface area (Å²) in [5, 5.41) is 8.10. The van der Waals surface area contributed by atoms with Gasteiger partial charge >= 0.3 is 5.97 Å². The SMILES string of the molecule is COC(=O)c1ccc2c(c1)nnn2Cc1ccc(F)cc1. The first-order chi connectivity index (χ1) is 10.2. The lowest BCUT2D eigenvalue weighted by atomic mass is 10.2. The number of carbonyl (C=O) groups excluding carboxylic acids is 1. The van der Waals surface area contributed by atoms with Crippen LogP contribution in [0.3, 0.4) is 0 Å². The Labute approximate surface area is 120 Å². The second kappa shape index (κ2) is 5.32. The summed E-state index contributed by atoms with van der Waals surface area (Å²) in [4.78, 5) is 11.5. The molecule has 106 valence electrons. The standard InChI is InChI=1S/C15H12FN3O2/c1-21-15(20)11-4-7-14-13(8-11)17-18-19(14)9-10-2-5-12(16)6-3-10/h2-8H,9H2,1H3. The summed E-state index contributed by atoms with van der Waals surface area (Å²) in [7, 11) is 1.33. The molecule has 3 aromatic rings. The van der Waals surface area contributed by atoms with Crippen molar-refractivity contribution in [1.82, 2.24) is 15.0 Å². The lowest BCUT2D eigenvalue weighted by Crippen LogP contribution is -2.03. The van der Waals surface area contributed by atoms with Crippen LogP contribution < -0.4 is 0 Å². The van der Waals surface area contributed by atoms with Crippen molar-refractivity contribution in [2.24, 2.45) is 0 Å². The molecule has 0 N–H and O–H groups in total. The van der Waals surface area contributed by atoms with Gasteiger partial charge in [-0.15, -0.1) is 5.10 Å². The molecule has 6 heteroatoms. The smallest absolute Gasteiger partial charge is 0.337 e. The van der Waals surface area contributed by atoms with E-state index < -0.39 is 5.97 Å². The molecule has 2 aromatic carbocycles. The third kappa shape index (κ3) is 2.60. The van der Waals surface area contributed by atoms with Gasteiger partial charge in [-0.3, -0.25) is 0 Å². The van der Waals surface area contributed by atoms with Crippen molar-refractivity contribution in [3.8, 4) is 0 Å². The Morgan fingerprint density at radius 3 is 2.71 bits per heavy atom. The number of hydrogen-bond acceptors (Lipinski definition) is 4. The fourth-order valence-electron chi connectivity index (χ4n) is 2.10. The summed E-state index contributed by atoms with van der Waals surface area (Å²) in [6.07, 6.45) is 0. The molecule has 0 spiro atoms. The normalized spacial score (nSPS) is 10.8. The van der Waals surface area contributed by atoms with E-state index in [1.165, 1.54) is 19.2 Å². The summed E-state index contributed by atoms with van der Waals surface area (Å²) in [6.45, 7) is 0.481. The van der Waals surface area contributed by atoms with Gasteiger partial charge in [-0.1, -0.05) is 17.3 Å². The lowest BCUT2D eigenvalue weighted by molar-refractivity contribution is 0.0601. The summed E-state index contributed by atoms with van der Waals surface area (Å²) >= 11 is 0. The number of aromatic nitrogens is 3. The number of halogens is 1. The summed E-state index contributed by atoms with van der Waals surface area (Å²) in [6, 6.07) is 11.3. The van der Waals surface area contributed by atoms with E-state index >= 15 is 0 Å². The highest BCUT2D eigenvalue weighted by atomic mass is 19.1. The van der Waals surface area contributed by atoms with Gasteiger partial charge in [-0.05, 0) is 35.9 Å². The van der Waals surface area contributed by atoms with Crippen LogP contribution in [0.5, 0.6) is 0 Å². The summed E-state index contributed by atoms with van der Waals surface area (Å²) in [5.74, 6) is -0.685. The minimum Gasteiger partial charge on any atom is -0.465 e. The Hall–Kier alpha value is -2.76. The van der Waals surface area contributed by atoms with Gasteiger partial charge in [-0.2, -0.15) is 0 Å². The molecule has 0 bridgehead atoms. The number of nitrogens with zero attached hydrogens (tertiary/aromatic N) is 3. The molecule has 0 saturated heterocycles. The average molecular weight is 285 g/mol. The van der Waals surface area contributed by atoms with Crippen molar-refractivity contribution in [2.45, 2.75) is 6.54 Å². The number of ether oxygens (including phenoxy) is 1. The summed E-state index contributed by atoms with van der Waals surface area (Å²) in [5.41, 5.74) is 2.76. The van der Waals surface area contributed by atoms with Crippen LogP contribution in [-0.2, 0) is 11.3 Å². The predicted octanol–water partition coefficient (Wildman–Crippen LogP) is 2.41.